The number of fused-ring (bicyclic) bond motifs is 1. The number of nitrogens with one attached hydrogen (secondary N) is 2. The fraction of sp³-hybridized carbons (Fsp3) is 0.538. The molecule has 0 saturated carbocycles. The van der Waals surface area contributed by atoms with E-state index in [1.54, 1.807) is 14.0 Å². The summed E-state index contributed by atoms with van der Waals surface area (Å²) in [6, 6.07) is 0. The molecule has 2 heterocycles. The van der Waals surface area contributed by atoms with E-state index >= 15 is 0 Å². The first kappa shape index (κ1) is 12.8. The normalized spacial score (nSPS) is 14.1. The number of aromatic nitrogens is 5. The second-order valence-electron chi connectivity index (χ2n) is 5.10. The molecule has 1 aliphatic carbocycles. The van der Waals surface area contributed by atoms with Crippen LogP contribution in [0.4, 0.5) is 0 Å². The molecule has 106 valence electrons. The predicted octanol–water partition coefficient (Wildman–Crippen LogP) is 0.655. The summed E-state index contributed by atoms with van der Waals surface area (Å²) >= 11 is 0. The molecule has 2 aromatic heterocycles. The Labute approximate surface area is 116 Å². The van der Waals surface area contributed by atoms with Gasteiger partial charge in [0.1, 0.15) is 11.6 Å². The largest absolute Gasteiger partial charge is 0.344 e. The van der Waals surface area contributed by atoms with Crippen LogP contribution in [0, 0.1) is 6.92 Å². The third-order valence-corrected chi connectivity index (χ3v) is 3.49. The topological polar surface area (TPSA) is 88.5 Å². The van der Waals surface area contributed by atoms with Gasteiger partial charge in [-0.2, -0.15) is 5.10 Å². The number of carbonyl (C=O) groups excluding carboxylic acids is 1. The Morgan fingerprint density at radius 3 is 2.85 bits per heavy atom. The first-order chi connectivity index (χ1) is 9.63. The molecule has 0 fully saturated rings. The summed E-state index contributed by atoms with van der Waals surface area (Å²) in [6.45, 7) is 2.15. The van der Waals surface area contributed by atoms with Gasteiger partial charge in [0.15, 0.2) is 0 Å². The maximum Gasteiger partial charge on any atom is 0.289 e. The number of rotatable bonds is 3. The van der Waals surface area contributed by atoms with E-state index in [0.29, 0.717) is 18.2 Å². The van der Waals surface area contributed by atoms with Crippen molar-refractivity contribution >= 4 is 5.91 Å². The van der Waals surface area contributed by atoms with Gasteiger partial charge in [-0.25, -0.2) is 14.6 Å². The van der Waals surface area contributed by atoms with E-state index in [1.807, 2.05) is 0 Å². The van der Waals surface area contributed by atoms with Gasteiger partial charge in [0.25, 0.3) is 5.91 Å². The molecular formula is C13H18N6O. The maximum atomic E-state index is 12.0. The molecule has 0 radical (unpaired) electrons. The number of amides is 1. The monoisotopic (exact) mass is 274 g/mol. The number of aromatic amines is 1. The van der Waals surface area contributed by atoms with Crippen LogP contribution in [0.15, 0.2) is 0 Å². The molecule has 0 spiro atoms. The highest BCUT2D eigenvalue weighted by Crippen LogP contribution is 2.18. The molecule has 0 aromatic carbocycles. The van der Waals surface area contributed by atoms with Crippen LogP contribution in [0.2, 0.25) is 0 Å². The first-order valence-corrected chi connectivity index (χ1v) is 6.86. The molecule has 20 heavy (non-hydrogen) atoms. The Hall–Kier alpha value is -2.18. The van der Waals surface area contributed by atoms with Crippen molar-refractivity contribution in [2.45, 2.75) is 39.2 Å². The van der Waals surface area contributed by atoms with Crippen LogP contribution in [0.3, 0.4) is 0 Å². The summed E-state index contributed by atoms with van der Waals surface area (Å²) in [5.41, 5.74) is 2.37. The van der Waals surface area contributed by atoms with Gasteiger partial charge in [-0.15, -0.1) is 0 Å². The lowest BCUT2D eigenvalue weighted by Gasteiger charge is -2.07. The van der Waals surface area contributed by atoms with Crippen LogP contribution in [0.1, 0.15) is 46.5 Å². The number of nitrogens with zero attached hydrogens (tertiary/aromatic N) is 4. The van der Waals surface area contributed by atoms with E-state index in [4.69, 9.17) is 0 Å². The molecule has 0 atom stereocenters. The summed E-state index contributed by atoms with van der Waals surface area (Å²) in [5, 5.41) is 6.88. The van der Waals surface area contributed by atoms with Crippen molar-refractivity contribution in [3.05, 3.63) is 28.9 Å². The van der Waals surface area contributed by atoms with Gasteiger partial charge in [-0.05, 0) is 32.6 Å². The Kier molecular flexibility index (Phi) is 3.25. The molecule has 0 bridgehead atoms. The summed E-state index contributed by atoms with van der Waals surface area (Å²) in [6.07, 6.45) is 4.49. The highest BCUT2D eigenvalue weighted by atomic mass is 16.2. The van der Waals surface area contributed by atoms with Crippen LogP contribution in [-0.2, 0) is 26.4 Å². The van der Waals surface area contributed by atoms with Gasteiger partial charge in [0.05, 0.1) is 12.2 Å². The van der Waals surface area contributed by atoms with Crippen LogP contribution in [0.5, 0.6) is 0 Å². The number of hydrogen-bond donors (Lipinski definition) is 2. The van der Waals surface area contributed by atoms with Gasteiger partial charge in [-0.1, -0.05) is 0 Å². The van der Waals surface area contributed by atoms with Crippen LogP contribution in [0.25, 0.3) is 0 Å². The van der Waals surface area contributed by atoms with Gasteiger partial charge in [-0.3, -0.25) is 4.79 Å². The van der Waals surface area contributed by atoms with E-state index in [2.05, 4.69) is 25.4 Å². The third-order valence-electron chi connectivity index (χ3n) is 3.49. The summed E-state index contributed by atoms with van der Waals surface area (Å²) < 4.78 is 1.48. The third kappa shape index (κ3) is 2.43. The van der Waals surface area contributed by atoms with Crippen molar-refractivity contribution < 1.29 is 4.79 Å². The van der Waals surface area contributed by atoms with E-state index in [1.165, 1.54) is 23.2 Å². The van der Waals surface area contributed by atoms with Crippen LogP contribution in [-0.4, -0.2) is 30.6 Å². The zero-order valence-corrected chi connectivity index (χ0v) is 11.7. The number of H-pyrrole nitrogens is 1. The minimum atomic E-state index is -0.234. The molecule has 0 unspecified atom stereocenters. The molecule has 7 heteroatoms. The van der Waals surface area contributed by atoms with Crippen LogP contribution < -0.4 is 5.32 Å². The average molecular weight is 274 g/mol. The molecule has 2 N–H and O–H groups in total. The van der Waals surface area contributed by atoms with Crippen molar-refractivity contribution in [1.29, 1.82) is 0 Å². The fourth-order valence-electron chi connectivity index (χ4n) is 2.55. The lowest BCUT2D eigenvalue weighted by Crippen LogP contribution is -2.26. The first-order valence-electron chi connectivity index (χ1n) is 6.86. The Morgan fingerprint density at radius 2 is 2.15 bits per heavy atom. The van der Waals surface area contributed by atoms with Crippen molar-refractivity contribution in [3.8, 4) is 0 Å². The number of carbonyl (C=O) groups is 1. The molecule has 7 nitrogen and oxygen atoms in total. The zero-order valence-electron chi connectivity index (χ0n) is 11.7. The Balaban J connectivity index is 1.66. The second-order valence-corrected chi connectivity index (χ2v) is 5.10. The number of hydrogen-bond acceptors (Lipinski definition) is 4. The van der Waals surface area contributed by atoms with Crippen LogP contribution >= 0.6 is 0 Å². The van der Waals surface area contributed by atoms with Gasteiger partial charge >= 0.3 is 0 Å². The zero-order chi connectivity index (χ0) is 14.1. The molecular weight excluding hydrogens is 256 g/mol. The summed E-state index contributed by atoms with van der Waals surface area (Å²) in [4.78, 5) is 23.9. The fourth-order valence-corrected chi connectivity index (χ4v) is 2.55. The Bertz CT molecular complexity index is 618. The lowest BCUT2D eigenvalue weighted by molar-refractivity contribution is 0.0935. The van der Waals surface area contributed by atoms with Crippen molar-refractivity contribution in [3.63, 3.8) is 0 Å². The van der Waals surface area contributed by atoms with Crippen molar-refractivity contribution in [2.24, 2.45) is 7.05 Å². The molecule has 2 aromatic rings. The molecule has 0 aliphatic heterocycles. The standard InChI is InChI=1S/C13H18N6O/c1-8-15-12(19(2)18-8)13(20)14-7-11-16-9-5-3-4-6-10(9)17-11/h3-7H2,1-2H3,(H,14,20)(H,16,17). The highest BCUT2D eigenvalue weighted by Gasteiger charge is 2.16. The number of aryl methyl sites for hydroxylation is 4. The minimum absolute atomic E-state index is 0.234. The highest BCUT2D eigenvalue weighted by molar-refractivity contribution is 5.90. The molecule has 1 amide bonds. The van der Waals surface area contributed by atoms with Gasteiger partial charge in [0.2, 0.25) is 5.82 Å². The SMILES string of the molecule is Cc1nc(C(=O)NCc2nc3c([nH]2)CCCC3)n(C)n1. The van der Waals surface area contributed by atoms with E-state index in [0.717, 1.165) is 24.4 Å². The van der Waals surface area contributed by atoms with E-state index < -0.39 is 0 Å². The van der Waals surface area contributed by atoms with Gasteiger partial charge in [0, 0.05) is 12.7 Å². The van der Waals surface area contributed by atoms with Crippen molar-refractivity contribution in [1.82, 2.24) is 30.0 Å². The smallest absolute Gasteiger partial charge is 0.289 e. The second kappa shape index (κ2) is 5.07. The number of imidazole rings is 1. The predicted molar refractivity (Wildman–Crippen MR) is 72.1 cm³/mol. The summed E-state index contributed by atoms with van der Waals surface area (Å²) in [7, 11) is 1.71. The average Bonchev–Trinajstić information content (AvgIpc) is 2.98. The molecule has 3 rings (SSSR count). The minimum Gasteiger partial charge on any atom is -0.344 e. The quantitative estimate of drug-likeness (QED) is 0.860. The van der Waals surface area contributed by atoms with E-state index in [-0.39, 0.29) is 5.91 Å². The van der Waals surface area contributed by atoms with E-state index in [9.17, 15) is 4.79 Å². The van der Waals surface area contributed by atoms with Gasteiger partial charge < -0.3 is 10.3 Å². The molecule has 1 aliphatic rings. The lowest BCUT2D eigenvalue weighted by atomic mass is 10.0. The molecule has 0 saturated heterocycles. The van der Waals surface area contributed by atoms with Crippen molar-refractivity contribution in [2.75, 3.05) is 0 Å². The Morgan fingerprint density at radius 1 is 1.35 bits per heavy atom. The summed E-state index contributed by atoms with van der Waals surface area (Å²) in [5.74, 6) is 1.48. The maximum absolute atomic E-state index is 12.0.